The minimum atomic E-state index is -1.30. The Morgan fingerprint density at radius 3 is 2.56 bits per heavy atom. The van der Waals surface area contributed by atoms with Gasteiger partial charge in [0.25, 0.3) is 0 Å². The van der Waals surface area contributed by atoms with Crippen LogP contribution in [0.25, 0.3) is 6.08 Å². The van der Waals surface area contributed by atoms with Gasteiger partial charge in [0.1, 0.15) is 29.8 Å². The summed E-state index contributed by atoms with van der Waals surface area (Å²) in [5, 5.41) is 13.8. The number of hydroxylamine groups is 2. The summed E-state index contributed by atoms with van der Waals surface area (Å²) < 4.78 is 19.3. The number of carbonyl (C=O) groups excluding carboxylic acids is 3. The number of aliphatic hydroxyl groups excluding tert-OH is 1. The second-order valence-electron chi connectivity index (χ2n) is 12.2. The van der Waals surface area contributed by atoms with Gasteiger partial charge in [0.15, 0.2) is 11.8 Å². The Hall–Kier alpha value is -3.61. The van der Waals surface area contributed by atoms with E-state index in [1.165, 1.54) is 16.0 Å². The third kappa shape index (κ3) is 4.58. The first-order chi connectivity index (χ1) is 20.7. The van der Waals surface area contributed by atoms with Crippen LogP contribution in [0.2, 0.25) is 0 Å². The molecule has 11 nitrogen and oxygen atoms in total. The predicted octanol–water partition coefficient (Wildman–Crippen LogP) is 0.976. The second-order valence-corrected chi connectivity index (χ2v) is 12.2. The summed E-state index contributed by atoms with van der Waals surface area (Å²) >= 11 is 0. The molecule has 4 fully saturated rings. The first-order valence-corrected chi connectivity index (χ1v) is 14.7. The molecule has 2 aromatic carbocycles. The van der Waals surface area contributed by atoms with Gasteiger partial charge in [0.05, 0.1) is 13.2 Å². The van der Waals surface area contributed by atoms with Crippen molar-refractivity contribution in [3.05, 3.63) is 76.9 Å². The Morgan fingerprint density at radius 1 is 1.09 bits per heavy atom. The van der Waals surface area contributed by atoms with Gasteiger partial charge in [0, 0.05) is 46.0 Å². The number of amides is 2. The molecule has 2 bridgehead atoms. The van der Waals surface area contributed by atoms with Crippen molar-refractivity contribution in [2.75, 3.05) is 27.2 Å². The largest absolute Gasteiger partial charge is 0.458 e. The van der Waals surface area contributed by atoms with E-state index in [-0.39, 0.29) is 37.9 Å². The lowest BCUT2D eigenvalue weighted by Gasteiger charge is -2.48. The predicted molar refractivity (Wildman–Crippen MR) is 152 cm³/mol. The number of likely N-dealkylation sites (N-methyl/N-ethyl adjacent to an activating group) is 1. The minimum Gasteiger partial charge on any atom is -0.458 e. The molecule has 2 N–H and O–H groups in total. The zero-order valence-corrected chi connectivity index (χ0v) is 24.1. The van der Waals surface area contributed by atoms with Crippen LogP contribution in [-0.2, 0) is 52.8 Å². The molecule has 3 heterocycles. The number of hydrogen-bond donors (Lipinski definition) is 2. The minimum absolute atomic E-state index is 0.0461. The van der Waals surface area contributed by atoms with Gasteiger partial charge in [-0.2, -0.15) is 5.06 Å². The molecule has 226 valence electrons. The van der Waals surface area contributed by atoms with E-state index >= 15 is 0 Å². The molecular formula is C32H35N3O8. The maximum absolute atomic E-state index is 14.0. The number of esters is 1. The number of hydrogen-bond acceptors (Lipinski definition) is 9. The van der Waals surface area contributed by atoms with Gasteiger partial charge in [-0.3, -0.25) is 19.2 Å². The Morgan fingerprint density at radius 2 is 1.84 bits per heavy atom. The summed E-state index contributed by atoms with van der Waals surface area (Å²) in [7, 11) is 3.37. The molecule has 6 unspecified atom stereocenters. The van der Waals surface area contributed by atoms with Crippen molar-refractivity contribution < 1.29 is 38.5 Å². The van der Waals surface area contributed by atoms with Crippen molar-refractivity contribution in [3.8, 4) is 0 Å². The SMILES string of the molecule is CN(C)C(=O)C=Cc1cccc(CN2OC3C4OC5(Cc6ccccc6C5)OC4C4CC3(C(=O)NCCO)C2C(=O)O4)c1. The van der Waals surface area contributed by atoms with E-state index in [4.69, 9.17) is 19.0 Å². The number of nitrogens with zero attached hydrogens (tertiary/aromatic N) is 2. The van der Waals surface area contributed by atoms with Gasteiger partial charge in [-0.1, -0.05) is 48.5 Å². The Balaban J connectivity index is 1.21. The van der Waals surface area contributed by atoms with E-state index < -0.39 is 47.6 Å². The average molecular weight is 590 g/mol. The third-order valence-corrected chi connectivity index (χ3v) is 9.26. The van der Waals surface area contributed by atoms with E-state index in [1.54, 1.807) is 20.2 Å². The fourth-order valence-electron chi connectivity index (χ4n) is 7.39. The normalized spacial score (nSPS) is 31.6. The topological polar surface area (TPSA) is 127 Å². The Kier molecular flexibility index (Phi) is 6.90. The summed E-state index contributed by atoms with van der Waals surface area (Å²) in [6.45, 7) is -0.00213. The fourth-order valence-corrected chi connectivity index (χ4v) is 7.39. The summed E-state index contributed by atoms with van der Waals surface area (Å²) in [6.07, 6.45) is 1.80. The van der Waals surface area contributed by atoms with Crippen LogP contribution < -0.4 is 5.32 Å². The van der Waals surface area contributed by atoms with Crippen LogP contribution in [0.15, 0.2) is 54.6 Å². The number of ether oxygens (including phenoxy) is 3. The zero-order valence-electron chi connectivity index (χ0n) is 24.1. The smallest absolute Gasteiger partial charge is 0.327 e. The lowest BCUT2D eigenvalue weighted by molar-refractivity contribution is -0.217. The maximum Gasteiger partial charge on any atom is 0.327 e. The van der Waals surface area contributed by atoms with E-state index in [1.807, 2.05) is 36.4 Å². The third-order valence-electron chi connectivity index (χ3n) is 9.26. The summed E-state index contributed by atoms with van der Waals surface area (Å²) in [6, 6.07) is 14.6. The number of rotatable bonds is 7. The highest BCUT2D eigenvalue weighted by Crippen LogP contribution is 2.58. The van der Waals surface area contributed by atoms with E-state index in [0.717, 1.165) is 22.3 Å². The molecular weight excluding hydrogens is 554 g/mol. The van der Waals surface area contributed by atoms with E-state index in [0.29, 0.717) is 12.8 Å². The molecule has 2 aliphatic carbocycles. The lowest BCUT2D eigenvalue weighted by Crippen LogP contribution is -2.69. The molecule has 0 radical (unpaired) electrons. The molecule has 2 aromatic rings. The highest BCUT2D eigenvalue weighted by Gasteiger charge is 2.76. The molecule has 3 saturated heterocycles. The van der Waals surface area contributed by atoms with Crippen LogP contribution in [-0.4, -0.2) is 96.3 Å². The molecule has 1 spiro atoms. The van der Waals surface area contributed by atoms with Crippen LogP contribution in [0.5, 0.6) is 0 Å². The fraction of sp³-hybridized carbons (Fsp3) is 0.469. The quantitative estimate of drug-likeness (QED) is 0.359. The standard InChI is InChI=1S/C32H35N3O8/c1-34(2)24(37)11-10-19-6-5-7-20(14-19)18-35-27-29(38)40-23-17-32(27,30(39)33-12-13-36)28(43-35)26-25(23)41-31(42-26)15-21-8-3-4-9-22(21)16-31/h3-11,14,23,25-28,36H,12-13,15-18H2,1-2H3,(H,33,39). The Labute approximate surface area is 249 Å². The molecule has 7 rings (SSSR count). The molecule has 0 aromatic heterocycles. The molecule has 6 atom stereocenters. The van der Waals surface area contributed by atoms with E-state index in [2.05, 4.69) is 17.4 Å². The van der Waals surface area contributed by atoms with Crippen LogP contribution in [0.4, 0.5) is 0 Å². The van der Waals surface area contributed by atoms with Crippen LogP contribution in [0, 0.1) is 5.41 Å². The van der Waals surface area contributed by atoms with Gasteiger partial charge < -0.3 is 29.5 Å². The summed E-state index contributed by atoms with van der Waals surface area (Å²) in [5.74, 6) is -1.99. The van der Waals surface area contributed by atoms with Crippen LogP contribution in [0.1, 0.15) is 28.7 Å². The van der Waals surface area contributed by atoms with Gasteiger partial charge in [0.2, 0.25) is 11.8 Å². The highest BCUT2D eigenvalue weighted by atomic mass is 16.8. The highest BCUT2D eigenvalue weighted by molar-refractivity contribution is 5.93. The lowest BCUT2D eigenvalue weighted by atomic mass is 9.62. The van der Waals surface area contributed by atoms with Crippen molar-refractivity contribution in [2.45, 2.75) is 62.1 Å². The first-order valence-electron chi connectivity index (χ1n) is 14.7. The molecule has 2 amide bonds. The number of fused-ring (bicyclic) bond motifs is 5. The van der Waals surface area contributed by atoms with Crippen molar-refractivity contribution >= 4 is 23.9 Å². The van der Waals surface area contributed by atoms with Gasteiger partial charge >= 0.3 is 5.97 Å². The van der Waals surface area contributed by atoms with Crippen molar-refractivity contribution in [3.63, 3.8) is 0 Å². The number of benzene rings is 2. The van der Waals surface area contributed by atoms with Gasteiger partial charge in [-0.15, -0.1) is 0 Å². The second kappa shape index (κ2) is 10.5. The van der Waals surface area contributed by atoms with Crippen molar-refractivity contribution in [2.24, 2.45) is 5.41 Å². The summed E-state index contributed by atoms with van der Waals surface area (Å²) in [4.78, 5) is 47.8. The van der Waals surface area contributed by atoms with Gasteiger partial charge in [-0.25, -0.2) is 0 Å². The monoisotopic (exact) mass is 589 g/mol. The summed E-state index contributed by atoms with van der Waals surface area (Å²) in [5.41, 5.74) is 2.61. The number of carbonyl (C=O) groups is 3. The molecule has 1 saturated carbocycles. The molecule has 11 heteroatoms. The van der Waals surface area contributed by atoms with Crippen molar-refractivity contribution in [1.29, 1.82) is 0 Å². The number of aliphatic hydroxyl groups is 1. The molecule has 3 aliphatic heterocycles. The average Bonchev–Trinajstić information content (AvgIpc) is 3.66. The van der Waals surface area contributed by atoms with Gasteiger partial charge in [-0.05, 0) is 28.3 Å². The number of nitrogens with one attached hydrogen (secondary N) is 1. The van der Waals surface area contributed by atoms with Crippen LogP contribution in [0.3, 0.4) is 0 Å². The molecule has 5 aliphatic rings. The maximum atomic E-state index is 14.0. The first kappa shape index (κ1) is 28.2. The van der Waals surface area contributed by atoms with Crippen LogP contribution >= 0.6 is 0 Å². The van der Waals surface area contributed by atoms with Crippen molar-refractivity contribution in [1.82, 2.24) is 15.3 Å². The zero-order chi connectivity index (χ0) is 29.9. The molecule has 43 heavy (non-hydrogen) atoms. The van der Waals surface area contributed by atoms with E-state index in [9.17, 15) is 19.5 Å². The Bertz CT molecular complexity index is 1470.